The Labute approximate surface area is 160 Å². The van der Waals surface area contributed by atoms with E-state index in [9.17, 15) is 9.59 Å². The third-order valence-electron chi connectivity index (χ3n) is 4.90. The zero-order chi connectivity index (χ0) is 19.2. The first-order chi connectivity index (χ1) is 13.1. The number of ether oxygens (including phenoxy) is 1. The van der Waals surface area contributed by atoms with E-state index < -0.39 is 0 Å². The molecular formula is C22H26N2O3. The zero-order valence-corrected chi connectivity index (χ0v) is 15.8. The second-order valence-corrected chi connectivity index (χ2v) is 7.01. The SMILES string of the molecule is COc1ccccc1CCNC(=O)C1CC1C(=O)NCc1cccc(C)c1. The van der Waals surface area contributed by atoms with Gasteiger partial charge < -0.3 is 15.4 Å². The molecule has 0 radical (unpaired) electrons. The van der Waals surface area contributed by atoms with Crippen molar-refractivity contribution in [3.05, 3.63) is 65.2 Å². The van der Waals surface area contributed by atoms with Gasteiger partial charge in [-0.1, -0.05) is 48.0 Å². The number of aryl methyl sites for hydroxylation is 1. The third-order valence-corrected chi connectivity index (χ3v) is 4.90. The minimum atomic E-state index is -0.208. The number of para-hydroxylation sites is 1. The number of hydrogen-bond acceptors (Lipinski definition) is 3. The molecule has 0 heterocycles. The minimum absolute atomic E-state index is 0.0404. The van der Waals surface area contributed by atoms with Gasteiger partial charge in [-0.05, 0) is 37.0 Å². The van der Waals surface area contributed by atoms with Gasteiger partial charge >= 0.3 is 0 Å². The minimum Gasteiger partial charge on any atom is -0.496 e. The Morgan fingerprint density at radius 2 is 1.78 bits per heavy atom. The van der Waals surface area contributed by atoms with E-state index in [-0.39, 0.29) is 23.7 Å². The van der Waals surface area contributed by atoms with Crippen molar-refractivity contribution in [2.45, 2.75) is 26.3 Å². The van der Waals surface area contributed by atoms with Crippen LogP contribution in [-0.4, -0.2) is 25.5 Å². The molecule has 1 saturated carbocycles. The predicted molar refractivity (Wildman–Crippen MR) is 104 cm³/mol. The summed E-state index contributed by atoms with van der Waals surface area (Å²) in [5.41, 5.74) is 3.30. The monoisotopic (exact) mass is 366 g/mol. The summed E-state index contributed by atoms with van der Waals surface area (Å²) in [5, 5.41) is 5.87. The molecule has 2 N–H and O–H groups in total. The fraction of sp³-hybridized carbons (Fsp3) is 0.364. The molecule has 5 nitrogen and oxygen atoms in total. The fourth-order valence-corrected chi connectivity index (χ4v) is 3.28. The van der Waals surface area contributed by atoms with Crippen LogP contribution in [0.15, 0.2) is 48.5 Å². The highest BCUT2D eigenvalue weighted by Crippen LogP contribution is 2.38. The summed E-state index contributed by atoms with van der Waals surface area (Å²) in [5.74, 6) is 0.329. The van der Waals surface area contributed by atoms with Gasteiger partial charge in [0.1, 0.15) is 5.75 Å². The van der Waals surface area contributed by atoms with Gasteiger partial charge in [0.15, 0.2) is 0 Å². The van der Waals surface area contributed by atoms with Gasteiger partial charge in [0, 0.05) is 13.1 Å². The molecule has 1 aliphatic carbocycles. The molecule has 1 aliphatic rings. The molecule has 1 fully saturated rings. The molecule has 0 spiro atoms. The Morgan fingerprint density at radius 3 is 2.52 bits per heavy atom. The lowest BCUT2D eigenvalue weighted by Crippen LogP contribution is -2.31. The topological polar surface area (TPSA) is 67.4 Å². The summed E-state index contributed by atoms with van der Waals surface area (Å²) in [4.78, 5) is 24.5. The largest absolute Gasteiger partial charge is 0.496 e. The first kappa shape index (κ1) is 19.0. The molecule has 0 bridgehead atoms. The molecule has 27 heavy (non-hydrogen) atoms. The van der Waals surface area contributed by atoms with Crippen LogP contribution in [0.2, 0.25) is 0 Å². The Hall–Kier alpha value is -2.82. The van der Waals surface area contributed by atoms with E-state index >= 15 is 0 Å². The highest BCUT2D eigenvalue weighted by molar-refractivity contribution is 5.92. The molecule has 5 heteroatoms. The van der Waals surface area contributed by atoms with Crippen molar-refractivity contribution in [3.8, 4) is 5.75 Å². The van der Waals surface area contributed by atoms with Crippen molar-refractivity contribution >= 4 is 11.8 Å². The van der Waals surface area contributed by atoms with E-state index in [2.05, 4.69) is 16.7 Å². The number of nitrogens with one attached hydrogen (secondary N) is 2. The summed E-state index contributed by atoms with van der Waals surface area (Å²) in [7, 11) is 1.64. The first-order valence-electron chi connectivity index (χ1n) is 9.31. The maximum atomic E-state index is 12.3. The van der Waals surface area contributed by atoms with Crippen LogP contribution < -0.4 is 15.4 Å². The van der Waals surface area contributed by atoms with Gasteiger partial charge in [0.2, 0.25) is 11.8 Å². The normalized spacial score (nSPS) is 17.9. The second-order valence-electron chi connectivity index (χ2n) is 7.01. The lowest BCUT2D eigenvalue weighted by molar-refractivity contribution is -0.127. The van der Waals surface area contributed by atoms with Gasteiger partial charge in [-0.2, -0.15) is 0 Å². The van der Waals surface area contributed by atoms with Gasteiger partial charge in [-0.3, -0.25) is 9.59 Å². The summed E-state index contributed by atoms with van der Waals surface area (Å²) < 4.78 is 5.32. The van der Waals surface area contributed by atoms with Crippen molar-refractivity contribution in [2.75, 3.05) is 13.7 Å². The van der Waals surface area contributed by atoms with Crippen molar-refractivity contribution < 1.29 is 14.3 Å². The lowest BCUT2D eigenvalue weighted by atomic mass is 10.1. The van der Waals surface area contributed by atoms with Crippen LogP contribution in [0.4, 0.5) is 0 Å². The van der Waals surface area contributed by atoms with E-state index in [0.717, 1.165) is 16.9 Å². The molecule has 2 atom stereocenters. The molecule has 0 aromatic heterocycles. The van der Waals surface area contributed by atoms with Crippen LogP contribution in [-0.2, 0) is 22.6 Å². The van der Waals surface area contributed by atoms with E-state index in [0.29, 0.717) is 25.9 Å². The smallest absolute Gasteiger partial charge is 0.224 e. The van der Waals surface area contributed by atoms with Crippen molar-refractivity contribution in [3.63, 3.8) is 0 Å². The van der Waals surface area contributed by atoms with E-state index in [4.69, 9.17) is 4.74 Å². The van der Waals surface area contributed by atoms with Gasteiger partial charge in [0.25, 0.3) is 0 Å². The lowest BCUT2D eigenvalue weighted by Gasteiger charge is -2.09. The number of carbonyl (C=O) groups is 2. The molecule has 3 rings (SSSR count). The summed E-state index contributed by atoms with van der Waals surface area (Å²) in [6.07, 6.45) is 1.33. The highest BCUT2D eigenvalue weighted by Gasteiger charge is 2.47. The predicted octanol–water partition coefficient (Wildman–Crippen LogP) is 2.61. The number of methoxy groups -OCH3 is 1. The number of amides is 2. The fourth-order valence-electron chi connectivity index (χ4n) is 3.28. The number of hydrogen-bond donors (Lipinski definition) is 2. The molecule has 0 aliphatic heterocycles. The third kappa shape index (κ3) is 5.09. The number of benzene rings is 2. The van der Waals surface area contributed by atoms with Crippen LogP contribution in [0.3, 0.4) is 0 Å². The molecule has 2 amide bonds. The average Bonchev–Trinajstić information content (AvgIpc) is 3.47. The molecule has 2 aromatic rings. The van der Waals surface area contributed by atoms with Crippen LogP contribution in [0.5, 0.6) is 5.75 Å². The zero-order valence-electron chi connectivity index (χ0n) is 15.8. The molecular weight excluding hydrogens is 340 g/mol. The number of rotatable bonds is 8. The summed E-state index contributed by atoms with van der Waals surface area (Å²) >= 11 is 0. The molecule has 142 valence electrons. The molecule has 2 unspecified atom stereocenters. The summed E-state index contributed by atoms with van der Waals surface area (Å²) in [6.45, 7) is 3.06. The number of carbonyl (C=O) groups excluding carboxylic acids is 2. The van der Waals surface area contributed by atoms with Gasteiger partial charge in [0.05, 0.1) is 18.9 Å². The Bertz CT molecular complexity index is 819. The maximum absolute atomic E-state index is 12.3. The summed E-state index contributed by atoms with van der Waals surface area (Å²) in [6, 6.07) is 15.8. The highest BCUT2D eigenvalue weighted by atomic mass is 16.5. The van der Waals surface area contributed by atoms with Crippen molar-refractivity contribution in [1.82, 2.24) is 10.6 Å². The quantitative estimate of drug-likeness (QED) is 0.755. The Kier molecular flexibility index (Phi) is 6.12. The van der Waals surface area contributed by atoms with E-state index in [1.165, 1.54) is 5.56 Å². The Morgan fingerprint density at radius 1 is 1.04 bits per heavy atom. The van der Waals surface area contributed by atoms with E-state index in [1.54, 1.807) is 7.11 Å². The molecule has 0 saturated heterocycles. The van der Waals surface area contributed by atoms with Crippen molar-refractivity contribution in [2.24, 2.45) is 11.8 Å². The standard InChI is InChI=1S/C22H26N2O3/c1-15-6-5-7-16(12-15)14-24-22(26)19-13-18(19)21(25)23-11-10-17-8-3-4-9-20(17)27-2/h3-9,12,18-19H,10-11,13-14H2,1-2H3,(H,23,25)(H,24,26). The Balaban J connectivity index is 1.40. The first-order valence-corrected chi connectivity index (χ1v) is 9.31. The maximum Gasteiger partial charge on any atom is 0.224 e. The van der Waals surface area contributed by atoms with Crippen LogP contribution in [0.25, 0.3) is 0 Å². The second kappa shape index (κ2) is 8.71. The van der Waals surface area contributed by atoms with Gasteiger partial charge in [-0.25, -0.2) is 0 Å². The van der Waals surface area contributed by atoms with Gasteiger partial charge in [-0.15, -0.1) is 0 Å². The van der Waals surface area contributed by atoms with E-state index in [1.807, 2.05) is 49.4 Å². The van der Waals surface area contributed by atoms with Crippen LogP contribution in [0.1, 0.15) is 23.1 Å². The average molecular weight is 366 g/mol. The molecule has 2 aromatic carbocycles. The van der Waals surface area contributed by atoms with Crippen LogP contribution in [0, 0.1) is 18.8 Å². The van der Waals surface area contributed by atoms with Crippen LogP contribution >= 0.6 is 0 Å². The van der Waals surface area contributed by atoms with Crippen molar-refractivity contribution in [1.29, 1.82) is 0 Å².